The van der Waals surface area contributed by atoms with Crippen LogP contribution in [0.15, 0.2) is 48.5 Å². The Balaban J connectivity index is 1.38. The number of hydrogen-bond acceptors (Lipinski definition) is 4. The number of hydrogen-bond donors (Lipinski definition) is 0. The van der Waals surface area contributed by atoms with Crippen LogP contribution in [-0.2, 0) is 0 Å². The quantitative estimate of drug-likeness (QED) is 0.0783. The monoisotopic (exact) mass is 616 g/mol. The van der Waals surface area contributed by atoms with Crippen LogP contribution in [0.1, 0.15) is 99.0 Å². The summed E-state index contributed by atoms with van der Waals surface area (Å²) in [6.07, 6.45) is 8.29. The predicted molar refractivity (Wildman–Crippen MR) is 159 cm³/mol. The van der Waals surface area contributed by atoms with E-state index in [1.807, 2.05) is 6.92 Å². The third-order valence-corrected chi connectivity index (χ3v) is 7.70. The summed E-state index contributed by atoms with van der Waals surface area (Å²) in [6, 6.07) is 9.00. The van der Waals surface area contributed by atoms with Crippen molar-refractivity contribution < 1.29 is 41.0 Å². The van der Waals surface area contributed by atoms with Gasteiger partial charge < -0.3 is 14.2 Å². The van der Waals surface area contributed by atoms with Crippen LogP contribution in [0.25, 0.3) is 5.57 Å². The standard InChI is InChI=1S/C35H37F5O4/c1-3-5-7-8-20-43-30-18-16-27(32(38)34(30)40)35(41)44-24-13-14-25(28(36)21-24)22-9-11-23(12-10-22)26-15-17-29(33(39)31(26)37)42-19-6-4-2/h9,13-18,21,23H,3-8,10-12,19-20H2,1-2H3. The van der Waals surface area contributed by atoms with Gasteiger partial charge in [-0.3, -0.25) is 0 Å². The number of carbonyl (C=O) groups is 1. The Morgan fingerprint density at radius 2 is 1.45 bits per heavy atom. The molecule has 4 rings (SSSR count). The van der Waals surface area contributed by atoms with E-state index < -0.39 is 40.6 Å². The zero-order valence-corrected chi connectivity index (χ0v) is 25.0. The molecule has 0 bridgehead atoms. The number of carbonyl (C=O) groups excluding carboxylic acids is 1. The Morgan fingerprint density at radius 3 is 2.11 bits per heavy atom. The van der Waals surface area contributed by atoms with Gasteiger partial charge in [-0.05, 0) is 79.5 Å². The maximum Gasteiger partial charge on any atom is 0.346 e. The maximum absolute atomic E-state index is 15.1. The van der Waals surface area contributed by atoms with Gasteiger partial charge in [-0.15, -0.1) is 0 Å². The molecule has 9 heteroatoms. The van der Waals surface area contributed by atoms with E-state index >= 15 is 4.39 Å². The third-order valence-electron chi connectivity index (χ3n) is 7.70. The SMILES string of the molecule is CCCCCCOc1ccc(C(=O)Oc2ccc(C3=CCC(c4ccc(OCCCC)c(F)c4F)CC3)c(F)c2)c(F)c1F. The Bertz CT molecular complexity index is 1490. The molecule has 0 saturated heterocycles. The van der Waals surface area contributed by atoms with Crippen molar-refractivity contribution in [3.63, 3.8) is 0 Å². The first-order valence-electron chi connectivity index (χ1n) is 15.2. The highest BCUT2D eigenvalue weighted by atomic mass is 19.2. The highest BCUT2D eigenvalue weighted by molar-refractivity contribution is 5.91. The minimum absolute atomic E-state index is 0.110. The maximum atomic E-state index is 15.1. The summed E-state index contributed by atoms with van der Waals surface area (Å²) in [5.74, 6) is -7.36. The molecule has 0 heterocycles. The van der Waals surface area contributed by atoms with Crippen LogP contribution in [0.2, 0.25) is 0 Å². The van der Waals surface area contributed by atoms with Crippen LogP contribution in [0.3, 0.4) is 0 Å². The predicted octanol–water partition coefficient (Wildman–Crippen LogP) is 10.1. The molecule has 1 aliphatic rings. The molecule has 44 heavy (non-hydrogen) atoms. The number of esters is 1. The fourth-order valence-corrected chi connectivity index (χ4v) is 5.15. The highest BCUT2D eigenvalue weighted by Gasteiger charge is 2.25. The van der Waals surface area contributed by atoms with Crippen LogP contribution < -0.4 is 14.2 Å². The van der Waals surface area contributed by atoms with Gasteiger partial charge in [-0.2, -0.15) is 8.78 Å². The van der Waals surface area contributed by atoms with E-state index in [0.717, 1.165) is 50.3 Å². The second kappa shape index (κ2) is 15.7. The average molecular weight is 617 g/mol. The smallest absolute Gasteiger partial charge is 0.346 e. The van der Waals surface area contributed by atoms with Gasteiger partial charge in [-0.1, -0.05) is 51.7 Å². The van der Waals surface area contributed by atoms with Crippen molar-refractivity contribution in [1.82, 2.24) is 0 Å². The molecule has 0 aromatic heterocycles. The van der Waals surface area contributed by atoms with E-state index in [4.69, 9.17) is 14.2 Å². The van der Waals surface area contributed by atoms with Gasteiger partial charge in [0.2, 0.25) is 11.6 Å². The van der Waals surface area contributed by atoms with E-state index in [9.17, 15) is 22.4 Å². The molecule has 1 unspecified atom stereocenters. The fourth-order valence-electron chi connectivity index (χ4n) is 5.15. The molecule has 0 fully saturated rings. The molecule has 0 amide bonds. The van der Waals surface area contributed by atoms with Gasteiger partial charge >= 0.3 is 5.97 Å². The minimum Gasteiger partial charge on any atom is -0.490 e. The minimum atomic E-state index is -1.41. The van der Waals surface area contributed by atoms with Gasteiger partial charge in [0.25, 0.3) is 0 Å². The number of halogens is 5. The Hall–Kier alpha value is -3.88. The van der Waals surface area contributed by atoms with E-state index in [-0.39, 0.29) is 40.9 Å². The molecule has 1 atom stereocenters. The lowest BCUT2D eigenvalue weighted by atomic mass is 9.82. The lowest BCUT2D eigenvalue weighted by molar-refractivity contribution is 0.0728. The second-order valence-electron chi connectivity index (χ2n) is 10.9. The normalized spacial score (nSPS) is 14.7. The number of unbranched alkanes of at least 4 members (excludes halogenated alkanes) is 4. The van der Waals surface area contributed by atoms with Crippen molar-refractivity contribution in [2.24, 2.45) is 0 Å². The summed E-state index contributed by atoms with van der Waals surface area (Å²) < 4.78 is 89.4. The van der Waals surface area contributed by atoms with Crippen LogP contribution in [0.5, 0.6) is 17.2 Å². The first-order valence-corrected chi connectivity index (χ1v) is 15.2. The highest BCUT2D eigenvalue weighted by Crippen LogP contribution is 2.39. The molecule has 0 aliphatic heterocycles. The van der Waals surface area contributed by atoms with Crippen molar-refractivity contribution in [2.75, 3.05) is 13.2 Å². The molecular weight excluding hydrogens is 579 g/mol. The number of rotatable bonds is 14. The molecule has 0 spiro atoms. The lowest BCUT2D eigenvalue weighted by Gasteiger charge is -2.24. The average Bonchev–Trinajstić information content (AvgIpc) is 3.01. The summed E-state index contributed by atoms with van der Waals surface area (Å²) in [5, 5.41) is 0. The Kier molecular flexibility index (Phi) is 11.8. The van der Waals surface area contributed by atoms with Crippen LogP contribution in [0, 0.1) is 29.1 Å². The molecule has 3 aromatic rings. The molecule has 0 radical (unpaired) electrons. The zero-order valence-electron chi connectivity index (χ0n) is 25.0. The van der Waals surface area contributed by atoms with Crippen molar-refractivity contribution >= 4 is 11.5 Å². The van der Waals surface area contributed by atoms with E-state index in [1.165, 1.54) is 24.3 Å². The number of allylic oxidation sites excluding steroid dienone is 2. The van der Waals surface area contributed by atoms with Gasteiger partial charge in [-0.25, -0.2) is 18.0 Å². The summed E-state index contributed by atoms with van der Waals surface area (Å²) >= 11 is 0. The zero-order chi connectivity index (χ0) is 31.6. The van der Waals surface area contributed by atoms with Crippen molar-refractivity contribution in [3.05, 3.63) is 94.3 Å². The summed E-state index contributed by atoms with van der Waals surface area (Å²) in [7, 11) is 0. The van der Waals surface area contributed by atoms with Crippen molar-refractivity contribution in [3.8, 4) is 17.2 Å². The molecule has 0 saturated carbocycles. The first-order chi connectivity index (χ1) is 21.2. The summed E-state index contributed by atoms with van der Waals surface area (Å²) in [4.78, 5) is 12.6. The molecule has 4 nitrogen and oxygen atoms in total. The number of benzene rings is 3. The van der Waals surface area contributed by atoms with Gasteiger partial charge in [0.05, 0.1) is 18.8 Å². The van der Waals surface area contributed by atoms with E-state index in [1.54, 1.807) is 6.08 Å². The molecule has 3 aromatic carbocycles. The molecular formula is C35H37F5O4. The van der Waals surface area contributed by atoms with Gasteiger partial charge in [0.15, 0.2) is 23.1 Å². The van der Waals surface area contributed by atoms with Crippen LogP contribution >= 0.6 is 0 Å². The first kappa shape index (κ1) is 33.0. The van der Waals surface area contributed by atoms with Crippen LogP contribution in [-0.4, -0.2) is 19.2 Å². The van der Waals surface area contributed by atoms with E-state index in [0.29, 0.717) is 37.9 Å². The van der Waals surface area contributed by atoms with Crippen molar-refractivity contribution in [2.45, 2.75) is 77.6 Å². The molecule has 236 valence electrons. The number of ether oxygens (including phenoxy) is 3. The van der Waals surface area contributed by atoms with E-state index in [2.05, 4.69) is 6.92 Å². The molecule has 1 aliphatic carbocycles. The topological polar surface area (TPSA) is 44.8 Å². The van der Waals surface area contributed by atoms with Gasteiger partial charge in [0.1, 0.15) is 11.6 Å². The van der Waals surface area contributed by atoms with Crippen LogP contribution in [0.4, 0.5) is 22.0 Å². The Morgan fingerprint density at radius 1 is 0.773 bits per heavy atom. The fraction of sp³-hybridized carbons (Fsp3) is 0.400. The van der Waals surface area contributed by atoms with Crippen molar-refractivity contribution in [1.29, 1.82) is 0 Å². The lowest BCUT2D eigenvalue weighted by Crippen LogP contribution is -2.13. The summed E-state index contributed by atoms with van der Waals surface area (Å²) in [5.41, 5.74) is 0.553. The summed E-state index contributed by atoms with van der Waals surface area (Å²) in [6.45, 7) is 4.56. The molecule has 0 N–H and O–H groups in total. The second-order valence-corrected chi connectivity index (χ2v) is 10.9. The largest absolute Gasteiger partial charge is 0.490 e. The van der Waals surface area contributed by atoms with Gasteiger partial charge in [0, 0.05) is 11.6 Å². The Labute approximate surface area is 254 Å². The third kappa shape index (κ3) is 7.98.